The molecular weight excluding hydrogens is 385 g/mol. The molecule has 0 aliphatic heterocycles. The van der Waals surface area contributed by atoms with Gasteiger partial charge in [0.15, 0.2) is 5.76 Å². The third-order valence-corrected chi connectivity index (χ3v) is 4.17. The lowest BCUT2D eigenvalue weighted by Crippen LogP contribution is -2.03. The zero-order valence-corrected chi connectivity index (χ0v) is 12.7. The fourth-order valence-corrected chi connectivity index (χ4v) is 2.99. The van der Waals surface area contributed by atoms with Crippen LogP contribution >= 0.6 is 22.6 Å². The largest absolute Gasteiger partial charge is 0.421 e. The highest BCUT2D eigenvalue weighted by atomic mass is 127. The topological polar surface area (TPSA) is 73.3 Å². The molecule has 0 unspecified atom stereocenters. The van der Waals surface area contributed by atoms with Crippen LogP contribution in [0.25, 0.3) is 22.1 Å². The van der Waals surface area contributed by atoms with E-state index in [4.69, 9.17) is 4.42 Å². The van der Waals surface area contributed by atoms with Gasteiger partial charge in [0.1, 0.15) is 0 Å². The molecule has 1 aromatic heterocycles. The fourth-order valence-electron chi connectivity index (χ4n) is 2.10. The highest BCUT2D eigenvalue weighted by molar-refractivity contribution is 14.1. The molecule has 104 valence electrons. The molecule has 0 radical (unpaired) electrons. The maximum Gasteiger partial charge on any atom is 0.344 e. The Morgan fingerprint density at radius 1 is 1.05 bits per heavy atom. The monoisotopic (exact) mass is 393 g/mol. The molecule has 2 aromatic carbocycles. The number of hydrogen-bond donors (Lipinski definition) is 0. The zero-order chi connectivity index (χ0) is 15.0. The molecule has 0 N–H and O–H groups in total. The average molecular weight is 393 g/mol. The summed E-state index contributed by atoms with van der Waals surface area (Å²) in [6.07, 6.45) is 0. The van der Waals surface area contributed by atoms with Gasteiger partial charge in [0.2, 0.25) is 0 Å². The van der Waals surface area contributed by atoms with Crippen molar-refractivity contribution >= 4 is 39.1 Å². The molecular formula is C15H8INO4. The minimum absolute atomic E-state index is 0.127. The van der Waals surface area contributed by atoms with Gasteiger partial charge in [0, 0.05) is 23.1 Å². The van der Waals surface area contributed by atoms with E-state index in [-0.39, 0.29) is 11.1 Å². The van der Waals surface area contributed by atoms with E-state index in [1.807, 2.05) is 30.3 Å². The summed E-state index contributed by atoms with van der Waals surface area (Å²) in [5.41, 5.74) is 0.0882. The van der Waals surface area contributed by atoms with Crippen LogP contribution in [0.1, 0.15) is 0 Å². The number of nitro benzene ring substituents is 1. The van der Waals surface area contributed by atoms with Gasteiger partial charge in [-0.1, -0.05) is 30.3 Å². The van der Waals surface area contributed by atoms with E-state index in [0.29, 0.717) is 11.1 Å². The molecule has 5 nitrogen and oxygen atoms in total. The van der Waals surface area contributed by atoms with Crippen molar-refractivity contribution in [3.63, 3.8) is 0 Å². The molecule has 3 rings (SSSR count). The summed E-state index contributed by atoms with van der Waals surface area (Å²) in [6, 6.07) is 13.5. The Labute approximate surface area is 132 Å². The maximum absolute atomic E-state index is 12.1. The summed E-state index contributed by atoms with van der Waals surface area (Å²) >= 11 is 2.09. The van der Waals surface area contributed by atoms with Crippen molar-refractivity contribution in [2.24, 2.45) is 0 Å². The van der Waals surface area contributed by atoms with Gasteiger partial charge in [0.25, 0.3) is 5.69 Å². The molecule has 1 heterocycles. The van der Waals surface area contributed by atoms with Crippen LogP contribution in [0.15, 0.2) is 57.7 Å². The molecule has 0 saturated carbocycles. The smallest absolute Gasteiger partial charge is 0.344 e. The van der Waals surface area contributed by atoms with Crippen molar-refractivity contribution in [1.82, 2.24) is 0 Å². The predicted molar refractivity (Wildman–Crippen MR) is 87.3 cm³/mol. The number of hydrogen-bond acceptors (Lipinski definition) is 4. The van der Waals surface area contributed by atoms with Gasteiger partial charge < -0.3 is 4.42 Å². The number of benzene rings is 2. The van der Waals surface area contributed by atoms with Crippen molar-refractivity contribution in [3.8, 4) is 11.3 Å². The summed E-state index contributed by atoms with van der Waals surface area (Å²) in [5, 5.41) is 11.7. The standard InChI is InChI=1S/C15H8INO4/c16-13-11-7-6-10(17(19)20)8-12(11)15(18)21-14(13)9-4-2-1-3-5-9/h1-8H. The van der Waals surface area contributed by atoms with Crippen LogP contribution in [0.3, 0.4) is 0 Å². The Morgan fingerprint density at radius 3 is 2.43 bits per heavy atom. The molecule has 0 amide bonds. The molecule has 3 aromatic rings. The molecule has 0 fully saturated rings. The Morgan fingerprint density at radius 2 is 1.76 bits per heavy atom. The van der Waals surface area contributed by atoms with Gasteiger partial charge in [-0.2, -0.15) is 0 Å². The van der Waals surface area contributed by atoms with E-state index in [9.17, 15) is 14.9 Å². The SMILES string of the molecule is O=c1oc(-c2ccccc2)c(I)c2ccc([N+](=O)[O-])cc12. The lowest BCUT2D eigenvalue weighted by atomic mass is 10.1. The van der Waals surface area contributed by atoms with Crippen LogP contribution in [0, 0.1) is 13.7 Å². The summed E-state index contributed by atoms with van der Waals surface area (Å²) < 4.78 is 6.11. The quantitative estimate of drug-likeness (QED) is 0.375. The van der Waals surface area contributed by atoms with E-state index in [0.717, 1.165) is 9.13 Å². The minimum Gasteiger partial charge on any atom is -0.421 e. The van der Waals surface area contributed by atoms with Gasteiger partial charge in [-0.05, 0) is 28.7 Å². The van der Waals surface area contributed by atoms with Crippen LogP contribution < -0.4 is 5.63 Å². The fraction of sp³-hybridized carbons (Fsp3) is 0. The van der Waals surface area contributed by atoms with Crippen LogP contribution in [0.4, 0.5) is 5.69 Å². The molecule has 0 bridgehead atoms. The summed E-state index contributed by atoms with van der Waals surface area (Å²) in [7, 11) is 0. The molecule has 21 heavy (non-hydrogen) atoms. The molecule has 0 spiro atoms. The third kappa shape index (κ3) is 2.42. The second-order valence-corrected chi connectivity index (χ2v) is 5.46. The Kier molecular flexibility index (Phi) is 3.46. The van der Waals surface area contributed by atoms with Gasteiger partial charge in [0.05, 0.1) is 13.9 Å². The second kappa shape index (κ2) is 5.28. The van der Waals surface area contributed by atoms with Gasteiger partial charge in [-0.25, -0.2) is 4.79 Å². The van der Waals surface area contributed by atoms with Gasteiger partial charge >= 0.3 is 5.63 Å². The van der Waals surface area contributed by atoms with Crippen LogP contribution in [0.5, 0.6) is 0 Å². The maximum atomic E-state index is 12.1. The van der Waals surface area contributed by atoms with Crippen LogP contribution in [-0.2, 0) is 0 Å². The first kappa shape index (κ1) is 13.7. The molecule has 0 aliphatic carbocycles. The lowest BCUT2D eigenvalue weighted by Gasteiger charge is -2.06. The number of nitrogens with zero attached hydrogens (tertiary/aromatic N) is 1. The Hall–Kier alpha value is -2.22. The summed E-state index contributed by atoms with van der Waals surface area (Å²) in [5.74, 6) is 0.475. The number of fused-ring (bicyclic) bond motifs is 1. The van der Waals surface area contributed by atoms with Gasteiger partial charge in [-0.3, -0.25) is 10.1 Å². The minimum atomic E-state index is -0.576. The third-order valence-electron chi connectivity index (χ3n) is 3.10. The normalized spacial score (nSPS) is 10.7. The van der Waals surface area contributed by atoms with Crippen molar-refractivity contribution < 1.29 is 9.34 Å². The van der Waals surface area contributed by atoms with Crippen molar-refractivity contribution in [2.45, 2.75) is 0 Å². The highest BCUT2D eigenvalue weighted by Crippen LogP contribution is 2.30. The lowest BCUT2D eigenvalue weighted by molar-refractivity contribution is -0.384. The zero-order valence-electron chi connectivity index (χ0n) is 10.6. The van der Waals surface area contributed by atoms with Crippen LogP contribution in [0.2, 0.25) is 0 Å². The number of rotatable bonds is 2. The summed E-state index contributed by atoms with van der Waals surface area (Å²) in [6.45, 7) is 0. The molecule has 0 aliphatic rings. The molecule has 0 atom stereocenters. The molecule has 6 heteroatoms. The number of nitro groups is 1. The van der Waals surface area contributed by atoms with Crippen molar-refractivity contribution in [2.75, 3.05) is 0 Å². The van der Waals surface area contributed by atoms with Crippen LogP contribution in [-0.4, -0.2) is 4.92 Å². The van der Waals surface area contributed by atoms with Crippen molar-refractivity contribution in [3.05, 3.63) is 72.6 Å². The number of non-ortho nitro benzene ring substituents is 1. The van der Waals surface area contributed by atoms with Crippen molar-refractivity contribution in [1.29, 1.82) is 0 Å². The predicted octanol–water partition coefficient (Wildman–Crippen LogP) is 3.97. The first-order valence-electron chi connectivity index (χ1n) is 6.04. The summed E-state index contributed by atoms with van der Waals surface area (Å²) in [4.78, 5) is 22.4. The first-order chi connectivity index (χ1) is 10.1. The van der Waals surface area contributed by atoms with E-state index < -0.39 is 10.5 Å². The Balaban J connectivity index is 2.33. The van der Waals surface area contributed by atoms with Gasteiger partial charge in [-0.15, -0.1) is 0 Å². The van der Waals surface area contributed by atoms with E-state index in [1.54, 1.807) is 6.07 Å². The number of halogens is 1. The average Bonchev–Trinajstić information content (AvgIpc) is 2.51. The molecule has 0 saturated heterocycles. The highest BCUT2D eigenvalue weighted by Gasteiger charge is 2.16. The van der Waals surface area contributed by atoms with E-state index >= 15 is 0 Å². The Bertz CT molecular complexity index is 903. The van der Waals surface area contributed by atoms with E-state index in [1.165, 1.54) is 12.1 Å². The second-order valence-electron chi connectivity index (χ2n) is 4.39. The van der Waals surface area contributed by atoms with E-state index in [2.05, 4.69) is 22.6 Å². The first-order valence-corrected chi connectivity index (χ1v) is 7.12.